The summed E-state index contributed by atoms with van der Waals surface area (Å²) in [6.45, 7) is 10.9. The van der Waals surface area contributed by atoms with Gasteiger partial charge in [-0.05, 0) is 19.8 Å². The maximum absolute atomic E-state index is 4.77. The van der Waals surface area contributed by atoms with Crippen molar-refractivity contribution in [2.45, 2.75) is 46.2 Å². The van der Waals surface area contributed by atoms with Crippen molar-refractivity contribution in [1.82, 2.24) is 14.9 Å². The Morgan fingerprint density at radius 2 is 2.29 bits per heavy atom. The van der Waals surface area contributed by atoms with Gasteiger partial charge in [0.15, 0.2) is 0 Å². The van der Waals surface area contributed by atoms with E-state index in [9.17, 15) is 0 Å². The first-order valence-electron chi connectivity index (χ1n) is 6.79. The summed E-state index contributed by atoms with van der Waals surface area (Å²) in [5.41, 5.74) is 1.21. The minimum atomic E-state index is 0.556. The molecule has 0 radical (unpaired) electrons. The van der Waals surface area contributed by atoms with E-state index in [1.807, 2.05) is 0 Å². The van der Waals surface area contributed by atoms with Gasteiger partial charge >= 0.3 is 0 Å². The fourth-order valence-electron chi connectivity index (χ4n) is 2.40. The number of anilines is 1. The number of imidazole rings is 1. The van der Waals surface area contributed by atoms with Crippen LogP contribution >= 0.6 is 0 Å². The molecular formula is C13H24N4. The van der Waals surface area contributed by atoms with Gasteiger partial charge in [0.25, 0.3) is 0 Å². The number of nitrogens with one attached hydrogen (secondary N) is 1. The lowest BCUT2D eigenvalue weighted by Crippen LogP contribution is -2.50. The first kappa shape index (κ1) is 12.4. The zero-order chi connectivity index (χ0) is 12.3. The van der Waals surface area contributed by atoms with Crippen LogP contribution < -0.4 is 10.2 Å². The minimum Gasteiger partial charge on any atom is -0.339 e. The molecule has 0 amide bonds. The number of rotatable bonds is 4. The van der Waals surface area contributed by atoms with E-state index < -0.39 is 0 Å². The van der Waals surface area contributed by atoms with E-state index >= 15 is 0 Å². The zero-order valence-corrected chi connectivity index (χ0v) is 11.2. The molecule has 0 saturated carbocycles. The molecule has 0 aliphatic carbocycles. The summed E-state index contributed by atoms with van der Waals surface area (Å²) >= 11 is 0. The zero-order valence-electron chi connectivity index (χ0n) is 11.2. The van der Waals surface area contributed by atoms with E-state index in [1.165, 1.54) is 5.69 Å². The summed E-state index contributed by atoms with van der Waals surface area (Å²) < 4.78 is 2.32. The standard InChI is InChI=1S/C13H24N4/c1-4-7-16-10-12(5-2)15-13(16)17-8-6-14-11(3)9-17/h10-11,14H,4-9H2,1-3H3/t11-/m1/s1. The number of aryl methyl sites for hydroxylation is 2. The van der Waals surface area contributed by atoms with Crippen LogP contribution in [0, 0.1) is 0 Å². The maximum atomic E-state index is 4.77. The topological polar surface area (TPSA) is 33.1 Å². The van der Waals surface area contributed by atoms with Crippen LogP contribution in [0.25, 0.3) is 0 Å². The first-order valence-corrected chi connectivity index (χ1v) is 6.79. The lowest BCUT2D eigenvalue weighted by atomic mass is 10.2. The van der Waals surface area contributed by atoms with Gasteiger partial charge in [-0.15, -0.1) is 0 Å². The van der Waals surface area contributed by atoms with Crippen molar-refractivity contribution >= 4 is 5.95 Å². The second-order valence-electron chi connectivity index (χ2n) is 4.88. The highest BCUT2D eigenvalue weighted by Gasteiger charge is 2.20. The summed E-state index contributed by atoms with van der Waals surface area (Å²) in [5.74, 6) is 1.16. The second-order valence-corrected chi connectivity index (χ2v) is 4.88. The highest BCUT2D eigenvalue weighted by atomic mass is 15.3. The molecule has 96 valence electrons. The molecular weight excluding hydrogens is 212 g/mol. The average Bonchev–Trinajstić information content (AvgIpc) is 2.73. The lowest BCUT2D eigenvalue weighted by molar-refractivity contribution is 0.473. The Balaban J connectivity index is 2.19. The third-order valence-electron chi connectivity index (χ3n) is 3.28. The van der Waals surface area contributed by atoms with Crippen LogP contribution in [0.2, 0.25) is 0 Å². The third kappa shape index (κ3) is 2.80. The van der Waals surface area contributed by atoms with Crippen molar-refractivity contribution in [3.05, 3.63) is 11.9 Å². The summed E-state index contributed by atoms with van der Waals surface area (Å²) in [5, 5.41) is 3.48. The van der Waals surface area contributed by atoms with Crippen molar-refractivity contribution in [3.63, 3.8) is 0 Å². The van der Waals surface area contributed by atoms with Crippen LogP contribution in [0.1, 0.15) is 32.9 Å². The van der Waals surface area contributed by atoms with Gasteiger partial charge in [0, 0.05) is 38.4 Å². The van der Waals surface area contributed by atoms with Gasteiger partial charge in [-0.2, -0.15) is 0 Å². The molecule has 1 atom stereocenters. The minimum absolute atomic E-state index is 0.556. The Morgan fingerprint density at radius 1 is 1.47 bits per heavy atom. The monoisotopic (exact) mass is 236 g/mol. The molecule has 4 heteroatoms. The quantitative estimate of drug-likeness (QED) is 0.863. The van der Waals surface area contributed by atoms with Gasteiger partial charge in [0.05, 0.1) is 5.69 Å². The molecule has 1 aromatic heterocycles. The van der Waals surface area contributed by atoms with Crippen molar-refractivity contribution in [1.29, 1.82) is 0 Å². The first-order chi connectivity index (χ1) is 8.24. The summed E-state index contributed by atoms with van der Waals surface area (Å²) in [7, 11) is 0. The molecule has 2 rings (SSSR count). The Bertz CT molecular complexity index is 358. The van der Waals surface area contributed by atoms with Gasteiger partial charge in [-0.1, -0.05) is 13.8 Å². The van der Waals surface area contributed by atoms with E-state index in [1.54, 1.807) is 0 Å². The molecule has 1 fully saturated rings. The summed E-state index contributed by atoms with van der Waals surface area (Å²) in [4.78, 5) is 7.18. The highest BCUT2D eigenvalue weighted by molar-refractivity contribution is 5.35. The fourth-order valence-corrected chi connectivity index (χ4v) is 2.40. The molecule has 0 aromatic carbocycles. The predicted octanol–water partition coefficient (Wildman–Crippen LogP) is 1.65. The number of hydrogen-bond acceptors (Lipinski definition) is 3. The normalized spacial score (nSPS) is 20.9. The highest BCUT2D eigenvalue weighted by Crippen LogP contribution is 2.17. The second kappa shape index (κ2) is 5.54. The predicted molar refractivity (Wildman–Crippen MR) is 71.6 cm³/mol. The molecule has 0 unspecified atom stereocenters. The number of hydrogen-bond donors (Lipinski definition) is 1. The Morgan fingerprint density at radius 3 is 2.94 bits per heavy atom. The molecule has 0 spiro atoms. The molecule has 0 bridgehead atoms. The molecule has 4 nitrogen and oxygen atoms in total. The van der Waals surface area contributed by atoms with Crippen molar-refractivity contribution in [3.8, 4) is 0 Å². The van der Waals surface area contributed by atoms with Crippen LogP contribution in [0.3, 0.4) is 0 Å². The van der Waals surface area contributed by atoms with Crippen molar-refractivity contribution < 1.29 is 0 Å². The average molecular weight is 236 g/mol. The van der Waals surface area contributed by atoms with E-state index in [0.717, 1.165) is 45.0 Å². The molecule has 1 aliphatic heterocycles. The van der Waals surface area contributed by atoms with Crippen molar-refractivity contribution in [2.24, 2.45) is 0 Å². The van der Waals surface area contributed by atoms with Crippen LogP contribution in [0.5, 0.6) is 0 Å². The Hall–Kier alpha value is -1.03. The molecule has 2 heterocycles. The van der Waals surface area contributed by atoms with Crippen LogP contribution in [-0.2, 0) is 13.0 Å². The Labute approximate surface area is 104 Å². The maximum Gasteiger partial charge on any atom is 0.205 e. The van der Waals surface area contributed by atoms with Gasteiger partial charge in [0.1, 0.15) is 0 Å². The van der Waals surface area contributed by atoms with E-state index in [0.29, 0.717) is 6.04 Å². The van der Waals surface area contributed by atoms with E-state index in [4.69, 9.17) is 4.98 Å². The van der Waals surface area contributed by atoms with Gasteiger partial charge < -0.3 is 14.8 Å². The smallest absolute Gasteiger partial charge is 0.205 e. The Kier molecular flexibility index (Phi) is 4.05. The lowest BCUT2D eigenvalue weighted by Gasteiger charge is -2.32. The van der Waals surface area contributed by atoms with E-state index in [-0.39, 0.29) is 0 Å². The largest absolute Gasteiger partial charge is 0.339 e. The van der Waals surface area contributed by atoms with Crippen LogP contribution in [0.4, 0.5) is 5.95 Å². The number of piperazine rings is 1. The molecule has 1 N–H and O–H groups in total. The van der Waals surface area contributed by atoms with E-state index in [2.05, 4.69) is 41.8 Å². The number of aromatic nitrogens is 2. The summed E-state index contributed by atoms with van der Waals surface area (Å²) in [6.07, 6.45) is 4.39. The molecule has 1 aromatic rings. The van der Waals surface area contributed by atoms with Gasteiger partial charge in [-0.25, -0.2) is 4.98 Å². The SMILES string of the molecule is CCCn1cc(CC)nc1N1CCN[C@H](C)C1. The number of nitrogens with zero attached hydrogens (tertiary/aromatic N) is 3. The fraction of sp³-hybridized carbons (Fsp3) is 0.769. The van der Waals surface area contributed by atoms with Crippen molar-refractivity contribution in [2.75, 3.05) is 24.5 Å². The van der Waals surface area contributed by atoms with Crippen LogP contribution in [0.15, 0.2) is 6.20 Å². The molecule has 17 heavy (non-hydrogen) atoms. The third-order valence-corrected chi connectivity index (χ3v) is 3.28. The van der Waals surface area contributed by atoms with Crippen LogP contribution in [-0.4, -0.2) is 35.2 Å². The molecule has 1 saturated heterocycles. The van der Waals surface area contributed by atoms with Gasteiger partial charge in [0.2, 0.25) is 5.95 Å². The molecule has 1 aliphatic rings. The van der Waals surface area contributed by atoms with Gasteiger partial charge in [-0.3, -0.25) is 0 Å². The summed E-state index contributed by atoms with van der Waals surface area (Å²) in [6, 6.07) is 0.556.